The van der Waals surface area contributed by atoms with Crippen LogP contribution in [0.25, 0.3) is 22.3 Å². The van der Waals surface area contributed by atoms with E-state index in [0.29, 0.717) is 11.1 Å². The van der Waals surface area contributed by atoms with Crippen LogP contribution in [0.3, 0.4) is 0 Å². The molecule has 22 heavy (non-hydrogen) atoms. The van der Waals surface area contributed by atoms with E-state index in [2.05, 4.69) is 0 Å². The molecule has 0 spiro atoms. The van der Waals surface area contributed by atoms with Gasteiger partial charge in [-0.15, -0.1) is 0 Å². The average Bonchev–Trinajstić information content (AvgIpc) is 2.49. The first kappa shape index (κ1) is 14.1. The Morgan fingerprint density at radius 1 is 1.09 bits per heavy atom. The van der Waals surface area contributed by atoms with Crippen LogP contribution < -0.4 is 11.2 Å². The van der Waals surface area contributed by atoms with Crippen molar-refractivity contribution in [2.24, 2.45) is 5.73 Å². The van der Waals surface area contributed by atoms with Gasteiger partial charge in [-0.05, 0) is 31.0 Å². The molecule has 0 aliphatic heterocycles. The molecular weight excluding hydrogens is 278 g/mol. The third-order valence-corrected chi connectivity index (χ3v) is 3.84. The Bertz CT molecular complexity index is 940. The lowest BCUT2D eigenvalue weighted by Crippen LogP contribution is -2.16. The Morgan fingerprint density at radius 3 is 2.41 bits per heavy atom. The number of carbonyl (C=O) groups is 1. The predicted molar refractivity (Wildman–Crippen MR) is 85.9 cm³/mol. The summed E-state index contributed by atoms with van der Waals surface area (Å²) in [6.45, 7) is 3.63. The van der Waals surface area contributed by atoms with Crippen LogP contribution in [0.5, 0.6) is 0 Å². The Morgan fingerprint density at radius 2 is 1.77 bits per heavy atom. The third-order valence-electron chi connectivity index (χ3n) is 3.84. The summed E-state index contributed by atoms with van der Waals surface area (Å²) in [4.78, 5) is 24.2. The molecule has 4 nitrogen and oxygen atoms in total. The zero-order valence-corrected chi connectivity index (χ0v) is 12.3. The van der Waals surface area contributed by atoms with Crippen molar-refractivity contribution in [3.05, 3.63) is 69.4 Å². The van der Waals surface area contributed by atoms with Gasteiger partial charge in [-0.1, -0.05) is 30.3 Å². The normalized spacial score (nSPS) is 10.8. The highest BCUT2D eigenvalue weighted by Crippen LogP contribution is 2.27. The molecule has 110 valence electrons. The molecule has 0 saturated carbocycles. The lowest BCUT2D eigenvalue weighted by molar-refractivity contribution is 0.100. The molecule has 0 saturated heterocycles. The molecule has 0 atom stereocenters. The van der Waals surface area contributed by atoms with E-state index in [-0.39, 0.29) is 16.6 Å². The Balaban J connectivity index is 2.43. The maximum absolute atomic E-state index is 12.4. The van der Waals surface area contributed by atoms with Crippen molar-refractivity contribution in [2.45, 2.75) is 13.8 Å². The van der Waals surface area contributed by atoms with Crippen molar-refractivity contribution in [1.29, 1.82) is 0 Å². The van der Waals surface area contributed by atoms with Gasteiger partial charge in [0, 0.05) is 11.6 Å². The van der Waals surface area contributed by atoms with E-state index in [1.807, 2.05) is 37.3 Å². The highest BCUT2D eigenvalue weighted by molar-refractivity contribution is 6.06. The van der Waals surface area contributed by atoms with E-state index < -0.39 is 5.91 Å². The zero-order valence-electron chi connectivity index (χ0n) is 12.3. The molecule has 0 aliphatic rings. The van der Waals surface area contributed by atoms with Gasteiger partial charge in [0.25, 0.3) is 5.91 Å². The van der Waals surface area contributed by atoms with E-state index in [4.69, 9.17) is 10.2 Å². The van der Waals surface area contributed by atoms with Crippen molar-refractivity contribution in [3.63, 3.8) is 0 Å². The molecule has 0 unspecified atom stereocenters. The molecule has 4 heteroatoms. The summed E-state index contributed by atoms with van der Waals surface area (Å²) in [7, 11) is 0. The molecule has 1 amide bonds. The lowest BCUT2D eigenvalue weighted by Gasteiger charge is -2.10. The van der Waals surface area contributed by atoms with Crippen molar-refractivity contribution in [1.82, 2.24) is 0 Å². The number of benzene rings is 2. The highest BCUT2D eigenvalue weighted by Gasteiger charge is 2.18. The van der Waals surface area contributed by atoms with Crippen LogP contribution in [0.2, 0.25) is 0 Å². The fraction of sp³-hybridized carbons (Fsp3) is 0.111. The van der Waals surface area contributed by atoms with Crippen LogP contribution in [-0.4, -0.2) is 5.91 Å². The third kappa shape index (κ3) is 2.19. The Labute approximate surface area is 127 Å². The molecular formula is C18H15NO3. The van der Waals surface area contributed by atoms with E-state index in [1.54, 1.807) is 13.0 Å². The van der Waals surface area contributed by atoms with Crippen molar-refractivity contribution in [2.75, 3.05) is 0 Å². The van der Waals surface area contributed by atoms with Crippen LogP contribution in [-0.2, 0) is 0 Å². The molecule has 3 aromatic rings. The van der Waals surface area contributed by atoms with E-state index in [0.717, 1.165) is 16.7 Å². The van der Waals surface area contributed by atoms with Crippen LogP contribution in [0.4, 0.5) is 0 Å². The summed E-state index contributed by atoms with van der Waals surface area (Å²) >= 11 is 0. The number of carbonyl (C=O) groups excluding carboxylic acids is 1. The maximum atomic E-state index is 12.4. The number of primary amides is 1. The smallest absolute Gasteiger partial charge is 0.252 e. The molecule has 2 N–H and O–H groups in total. The highest BCUT2D eigenvalue weighted by atomic mass is 16.3. The number of hydrogen-bond donors (Lipinski definition) is 1. The minimum Gasteiger partial charge on any atom is -0.455 e. The van der Waals surface area contributed by atoms with E-state index in [1.165, 1.54) is 6.07 Å². The molecule has 0 radical (unpaired) electrons. The summed E-state index contributed by atoms with van der Waals surface area (Å²) < 4.78 is 5.86. The van der Waals surface area contributed by atoms with Crippen LogP contribution in [0.15, 0.2) is 51.7 Å². The van der Waals surface area contributed by atoms with Gasteiger partial charge in [0.15, 0.2) is 11.0 Å². The fourth-order valence-corrected chi connectivity index (χ4v) is 2.56. The molecule has 0 bridgehead atoms. The van der Waals surface area contributed by atoms with Gasteiger partial charge in [-0.3, -0.25) is 9.59 Å². The second-order valence-electron chi connectivity index (χ2n) is 5.28. The van der Waals surface area contributed by atoms with E-state index >= 15 is 0 Å². The predicted octanol–water partition coefficient (Wildman–Crippen LogP) is 3.18. The molecule has 0 aliphatic carbocycles. The van der Waals surface area contributed by atoms with Gasteiger partial charge in [0.1, 0.15) is 5.76 Å². The van der Waals surface area contributed by atoms with Gasteiger partial charge >= 0.3 is 0 Å². The molecule has 1 heterocycles. The van der Waals surface area contributed by atoms with Gasteiger partial charge in [0.2, 0.25) is 0 Å². The topological polar surface area (TPSA) is 73.3 Å². The molecule has 2 aromatic carbocycles. The number of aryl methyl sites for hydroxylation is 1. The number of hydrogen-bond acceptors (Lipinski definition) is 3. The van der Waals surface area contributed by atoms with Crippen LogP contribution in [0.1, 0.15) is 21.5 Å². The zero-order chi connectivity index (χ0) is 15.9. The lowest BCUT2D eigenvalue weighted by atomic mass is 9.98. The Kier molecular flexibility index (Phi) is 3.29. The van der Waals surface area contributed by atoms with Crippen molar-refractivity contribution < 1.29 is 9.21 Å². The quantitative estimate of drug-likeness (QED) is 0.788. The van der Waals surface area contributed by atoms with Crippen molar-refractivity contribution in [3.8, 4) is 11.3 Å². The summed E-state index contributed by atoms with van der Waals surface area (Å²) in [6, 6.07) is 12.5. The molecule has 1 aromatic heterocycles. The Hall–Kier alpha value is -2.88. The second-order valence-corrected chi connectivity index (χ2v) is 5.28. The summed E-state index contributed by atoms with van der Waals surface area (Å²) in [6.07, 6.45) is 0. The first-order valence-electron chi connectivity index (χ1n) is 6.92. The number of nitrogens with two attached hydrogens (primary N) is 1. The molecule has 3 rings (SSSR count). The monoisotopic (exact) mass is 293 g/mol. The van der Waals surface area contributed by atoms with Crippen LogP contribution in [0, 0.1) is 13.8 Å². The summed E-state index contributed by atoms with van der Waals surface area (Å²) in [5.74, 6) is -0.177. The van der Waals surface area contributed by atoms with Gasteiger partial charge < -0.3 is 10.2 Å². The summed E-state index contributed by atoms with van der Waals surface area (Å²) in [5.41, 5.74) is 8.16. The van der Waals surface area contributed by atoms with Crippen LogP contribution >= 0.6 is 0 Å². The first-order chi connectivity index (χ1) is 10.5. The SMILES string of the molecule is Cc1cc2c(=O)cc(-c3ccccc3)oc2c(C(N)=O)c1C. The molecule has 0 fully saturated rings. The minimum absolute atomic E-state index is 0.189. The first-order valence-corrected chi connectivity index (χ1v) is 6.92. The number of amides is 1. The maximum Gasteiger partial charge on any atom is 0.252 e. The van der Waals surface area contributed by atoms with Crippen molar-refractivity contribution >= 4 is 16.9 Å². The average molecular weight is 293 g/mol. The largest absolute Gasteiger partial charge is 0.455 e. The summed E-state index contributed by atoms with van der Waals surface area (Å²) in [5, 5.41) is 0.372. The second kappa shape index (κ2) is 5.15. The minimum atomic E-state index is -0.598. The fourth-order valence-electron chi connectivity index (χ4n) is 2.56. The van der Waals surface area contributed by atoms with Gasteiger partial charge in [-0.2, -0.15) is 0 Å². The van der Waals surface area contributed by atoms with Gasteiger partial charge in [0.05, 0.1) is 10.9 Å². The van der Waals surface area contributed by atoms with Gasteiger partial charge in [-0.25, -0.2) is 0 Å². The number of fused-ring (bicyclic) bond motifs is 1. The number of rotatable bonds is 2. The standard InChI is InChI=1S/C18H15NO3/c1-10-8-13-14(20)9-15(12-6-4-3-5-7-12)22-17(13)16(11(10)2)18(19)21/h3-9H,1-2H3,(H2,19,21). The van der Waals surface area contributed by atoms with E-state index in [9.17, 15) is 9.59 Å².